The summed E-state index contributed by atoms with van der Waals surface area (Å²) in [5.41, 5.74) is 1.09. The summed E-state index contributed by atoms with van der Waals surface area (Å²) in [7, 11) is 1.60. The Morgan fingerprint density at radius 1 is 1.35 bits per heavy atom. The zero-order valence-corrected chi connectivity index (χ0v) is 14.2. The number of hydrogen-bond donors (Lipinski definition) is 0. The first-order chi connectivity index (χ1) is 11.0. The molecule has 2 aromatic heterocycles. The zero-order valence-electron chi connectivity index (χ0n) is 14.2. The van der Waals surface area contributed by atoms with Gasteiger partial charge in [0.05, 0.1) is 13.2 Å². The number of aromatic nitrogens is 3. The Morgan fingerprint density at radius 2 is 2.17 bits per heavy atom. The average Bonchev–Trinajstić information content (AvgIpc) is 3.14. The first kappa shape index (κ1) is 15.9. The van der Waals surface area contributed by atoms with Crippen LogP contribution >= 0.6 is 0 Å². The van der Waals surface area contributed by atoms with Gasteiger partial charge in [-0.05, 0) is 30.9 Å². The van der Waals surface area contributed by atoms with Gasteiger partial charge in [0.1, 0.15) is 0 Å². The lowest BCUT2D eigenvalue weighted by Crippen LogP contribution is -2.32. The Morgan fingerprint density at radius 3 is 2.83 bits per heavy atom. The molecule has 1 saturated heterocycles. The van der Waals surface area contributed by atoms with Crippen LogP contribution in [0.4, 0.5) is 0 Å². The lowest BCUT2D eigenvalue weighted by atomic mass is 9.96. The lowest BCUT2D eigenvalue weighted by molar-refractivity contribution is 0.153. The fraction of sp³-hybridized carbons (Fsp3) is 0.588. The first-order valence-corrected chi connectivity index (χ1v) is 8.04. The second-order valence-corrected chi connectivity index (χ2v) is 7.23. The minimum absolute atomic E-state index is 0.224. The van der Waals surface area contributed by atoms with Gasteiger partial charge in [-0.1, -0.05) is 25.9 Å². The summed E-state index contributed by atoms with van der Waals surface area (Å²) in [6.45, 7) is 8.88. The summed E-state index contributed by atoms with van der Waals surface area (Å²) in [5, 5.41) is 4.12. The Labute approximate surface area is 136 Å². The molecule has 0 N–H and O–H groups in total. The molecule has 0 amide bonds. The van der Waals surface area contributed by atoms with Crippen LogP contribution in [0, 0.1) is 5.41 Å². The Balaban J connectivity index is 1.77. The van der Waals surface area contributed by atoms with E-state index in [0.717, 1.165) is 25.1 Å². The van der Waals surface area contributed by atoms with E-state index in [0.29, 0.717) is 17.6 Å². The van der Waals surface area contributed by atoms with Crippen molar-refractivity contribution in [1.29, 1.82) is 0 Å². The maximum Gasteiger partial charge on any atom is 0.244 e. The highest BCUT2D eigenvalue weighted by Gasteiger charge is 2.33. The van der Waals surface area contributed by atoms with Crippen LogP contribution in [0.1, 0.15) is 45.5 Å². The summed E-state index contributed by atoms with van der Waals surface area (Å²) in [6, 6.07) is 3.91. The van der Waals surface area contributed by atoms with Crippen molar-refractivity contribution in [1.82, 2.24) is 20.0 Å². The number of nitrogens with zero attached hydrogens (tertiary/aromatic N) is 4. The normalized spacial score (nSPS) is 19.2. The number of rotatable bonds is 4. The van der Waals surface area contributed by atoms with Gasteiger partial charge in [0.15, 0.2) is 0 Å². The molecule has 3 heterocycles. The van der Waals surface area contributed by atoms with E-state index < -0.39 is 0 Å². The molecule has 6 heteroatoms. The topological polar surface area (TPSA) is 64.3 Å². The second-order valence-electron chi connectivity index (χ2n) is 7.23. The van der Waals surface area contributed by atoms with Gasteiger partial charge in [-0.3, -0.25) is 4.90 Å². The lowest BCUT2D eigenvalue weighted by Gasteiger charge is -2.29. The third-order valence-corrected chi connectivity index (χ3v) is 3.97. The van der Waals surface area contributed by atoms with Crippen LogP contribution in [0.25, 0.3) is 11.4 Å². The van der Waals surface area contributed by atoms with E-state index in [1.807, 2.05) is 6.07 Å². The van der Waals surface area contributed by atoms with Crippen molar-refractivity contribution in [3.05, 3.63) is 24.2 Å². The maximum atomic E-state index is 5.54. The van der Waals surface area contributed by atoms with Crippen molar-refractivity contribution in [2.75, 3.05) is 20.2 Å². The molecular weight excluding hydrogens is 292 g/mol. The van der Waals surface area contributed by atoms with Gasteiger partial charge in [-0.25, -0.2) is 4.98 Å². The monoisotopic (exact) mass is 316 g/mol. The summed E-state index contributed by atoms with van der Waals surface area (Å²) in [5.74, 6) is 1.86. The molecular formula is C17H24N4O2. The van der Waals surface area contributed by atoms with E-state index in [9.17, 15) is 0 Å². The van der Waals surface area contributed by atoms with Crippen molar-refractivity contribution in [3.63, 3.8) is 0 Å². The molecule has 1 atom stereocenters. The second kappa shape index (κ2) is 6.28. The first-order valence-electron chi connectivity index (χ1n) is 8.04. The van der Waals surface area contributed by atoms with Gasteiger partial charge in [0, 0.05) is 24.4 Å². The zero-order chi connectivity index (χ0) is 16.4. The van der Waals surface area contributed by atoms with Crippen molar-refractivity contribution in [2.45, 2.75) is 39.7 Å². The molecule has 0 spiro atoms. The molecule has 6 nitrogen and oxygen atoms in total. The van der Waals surface area contributed by atoms with Crippen LogP contribution in [0.5, 0.6) is 5.88 Å². The maximum absolute atomic E-state index is 5.54. The minimum Gasteiger partial charge on any atom is -0.481 e. The highest BCUT2D eigenvalue weighted by atomic mass is 16.5. The molecule has 1 fully saturated rings. The van der Waals surface area contributed by atoms with Crippen molar-refractivity contribution >= 4 is 0 Å². The predicted octanol–water partition coefficient (Wildman–Crippen LogP) is 3.32. The molecule has 0 aliphatic carbocycles. The number of likely N-dealkylation sites (tertiary alicyclic amines) is 1. The van der Waals surface area contributed by atoms with Crippen molar-refractivity contribution in [3.8, 4) is 17.3 Å². The quantitative estimate of drug-likeness (QED) is 0.862. The molecule has 2 aromatic rings. The molecule has 0 unspecified atom stereocenters. The Kier molecular flexibility index (Phi) is 4.35. The van der Waals surface area contributed by atoms with Crippen LogP contribution in [0.3, 0.4) is 0 Å². The molecule has 0 radical (unpaired) electrons. The van der Waals surface area contributed by atoms with Crippen LogP contribution in [-0.2, 0) is 0 Å². The summed E-state index contributed by atoms with van der Waals surface area (Å²) < 4.78 is 10.6. The fourth-order valence-electron chi connectivity index (χ4n) is 3.03. The van der Waals surface area contributed by atoms with E-state index in [-0.39, 0.29) is 11.5 Å². The van der Waals surface area contributed by atoms with Gasteiger partial charge < -0.3 is 9.26 Å². The molecule has 1 aliphatic rings. The number of pyridine rings is 1. The number of methoxy groups -OCH3 is 1. The van der Waals surface area contributed by atoms with E-state index in [1.54, 1.807) is 19.4 Å². The summed E-state index contributed by atoms with van der Waals surface area (Å²) >= 11 is 0. The molecule has 23 heavy (non-hydrogen) atoms. The van der Waals surface area contributed by atoms with Crippen LogP contribution in [0.15, 0.2) is 22.9 Å². The van der Waals surface area contributed by atoms with Crippen LogP contribution < -0.4 is 4.74 Å². The van der Waals surface area contributed by atoms with Gasteiger partial charge >= 0.3 is 0 Å². The molecule has 0 saturated carbocycles. The average molecular weight is 316 g/mol. The molecule has 0 bridgehead atoms. The van der Waals surface area contributed by atoms with E-state index >= 15 is 0 Å². The molecule has 124 valence electrons. The number of ether oxygens (including phenoxy) is 1. The SMILES string of the molecule is COc1ccc(-c2noc([C@@H]3CCCN3CC(C)(C)C)n2)cn1. The van der Waals surface area contributed by atoms with Gasteiger partial charge in [-0.15, -0.1) is 0 Å². The standard InChI is InChI=1S/C17H24N4O2/c1-17(2,3)11-21-9-5-6-13(21)16-19-15(20-23-16)12-7-8-14(22-4)18-10-12/h7-8,10,13H,5-6,9,11H2,1-4H3/t13-/m0/s1. The predicted molar refractivity (Wildman–Crippen MR) is 87.1 cm³/mol. The van der Waals surface area contributed by atoms with Crippen molar-refractivity contribution in [2.24, 2.45) is 5.41 Å². The smallest absolute Gasteiger partial charge is 0.244 e. The molecule has 3 rings (SSSR count). The minimum atomic E-state index is 0.224. The van der Waals surface area contributed by atoms with Crippen molar-refractivity contribution < 1.29 is 9.26 Å². The third kappa shape index (κ3) is 3.69. The van der Waals surface area contributed by atoms with Crippen LogP contribution in [-0.4, -0.2) is 40.2 Å². The summed E-state index contributed by atoms with van der Waals surface area (Å²) in [6.07, 6.45) is 3.94. The third-order valence-electron chi connectivity index (χ3n) is 3.97. The van der Waals surface area contributed by atoms with E-state index in [4.69, 9.17) is 9.26 Å². The number of hydrogen-bond acceptors (Lipinski definition) is 6. The van der Waals surface area contributed by atoms with Gasteiger partial charge in [-0.2, -0.15) is 4.98 Å². The van der Waals surface area contributed by atoms with E-state index in [1.165, 1.54) is 6.42 Å². The van der Waals surface area contributed by atoms with Gasteiger partial charge in [0.25, 0.3) is 0 Å². The largest absolute Gasteiger partial charge is 0.481 e. The highest BCUT2D eigenvalue weighted by Crippen LogP contribution is 2.34. The molecule has 0 aromatic carbocycles. The fourth-order valence-corrected chi connectivity index (χ4v) is 3.03. The Bertz CT molecular complexity index is 645. The molecule has 1 aliphatic heterocycles. The van der Waals surface area contributed by atoms with E-state index in [2.05, 4.69) is 40.8 Å². The van der Waals surface area contributed by atoms with Crippen LogP contribution in [0.2, 0.25) is 0 Å². The van der Waals surface area contributed by atoms with Gasteiger partial charge in [0.2, 0.25) is 17.6 Å². The summed E-state index contributed by atoms with van der Waals surface area (Å²) in [4.78, 5) is 11.2. The highest BCUT2D eigenvalue weighted by molar-refractivity contribution is 5.53. The Hall–Kier alpha value is -1.95.